The Kier molecular flexibility index (Phi) is 8.20. The van der Waals surface area contributed by atoms with E-state index in [9.17, 15) is 0 Å². The van der Waals surface area contributed by atoms with Gasteiger partial charge in [0.15, 0.2) is 0 Å². The van der Waals surface area contributed by atoms with E-state index in [-0.39, 0.29) is 0 Å². The highest BCUT2D eigenvalue weighted by Crippen LogP contribution is 2.67. The molecule has 0 atom stereocenters. The van der Waals surface area contributed by atoms with E-state index in [1.807, 2.05) is 0 Å². The fourth-order valence-corrected chi connectivity index (χ4v) is 15.6. The molecule has 4 aliphatic carbocycles. The summed E-state index contributed by atoms with van der Waals surface area (Å²) >= 11 is 0. The molecule has 3 nitrogen and oxygen atoms in total. The van der Waals surface area contributed by atoms with E-state index in [4.69, 9.17) is 9.47 Å². The summed E-state index contributed by atoms with van der Waals surface area (Å²) in [6.45, 7) is 0. The van der Waals surface area contributed by atoms with Crippen LogP contribution in [0.25, 0.3) is 44.5 Å². The van der Waals surface area contributed by atoms with Crippen LogP contribution in [-0.2, 0) is 16.2 Å². The summed E-state index contributed by atoms with van der Waals surface area (Å²) in [5.74, 6) is 3.55. The van der Waals surface area contributed by atoms with Crippen LogP contribution in [0.3, 0.4) is 0 Å². The minimum Gasteiger partial charge on any atom is -0.457 e. The van der Waals surface area contributed by atoms with E-state index >= 15 is 0 Å². The third-order valence-electron chi connectivity index (χ3n) is 18.4. The number of fused-ring (bicyclic) bond motifs is 28. The molecule has 0 bridgehead atoms. The van der Waals surface area contributed by atoms with Gasteiger partial charge in [0.2, 0.25) is 0 Å². The van der Waals surface area contributed by atoms with Crippen LogP contribution in [-0.4, -0.2) is 0 Å². The number of rotatable bonds is 3. The van der Waals surface area contributed by atoms with Gasteiger partial charge in [-0.25, -0.2) is 0 Å². The fraction of sp³-hybridized carbons (Fsp3) is 0.0400. The van der Waals surface area contributed by atoms with Gasteiger partial charge in [-0.15, -0.1) is 0 Å². The number of ether oxygens (including phenoxy) is 2. The molecule has 0 saturated carbocycles. The monoisotopic (exact) mass is 991 g/mol. The molecule has 0 saturated heterocycles. The van der Waals surface area contributed by atoms with E-state index < -0.39 is 16.2 Å². The molecule has 2 heterocycles. The van der Waals surface area contributed by atoms with Gasteiger partial charge in [-0.1, -0.05) is 212 Å². The van der Waals surface area contributed by atoms with Crippen LogP contribution in [0, 0.1) is 0 Å². The predicted molar refractivity (Wildman–Crippen MR) is 312 cm³/mol. The van der Waals surface area contributed by atoms with Crippen molar-refractivity contribution in [2.24, 2.45) is 0 Å². The Morgan fingerprint density at radius 1 is 0.192 bits per heavy atom. The van der Waals surface area contributed by atoms with E-state index in [0.717, 1.165) is 62.3 Å². The normalized spacial score (nSPS) is 15.2. The van der Waals surface area contributed by atoms with Crippen molar-refractivity contribution >= 4 is 17.1 Å². The van der Waals surface area contributed by atoms with Crippen LogP contribution in [0.5, 0.6) is 23.0 Å². The van der Waals surface area contributed by atoms with Gasteiger partial charge in [0.25, 0.3) is 0 Å². The summed E-state index contributed by atoms with van der Waals surface area (Å²) in [6.07, 6.45) is 0. The number of hydrogen-bond acceptors (Lipinski definition) is 3. The van der Waals surface area contributed by atoms with E-state index in [0.29, 0.717) is 0 Å². The number of benzene rings is 12. The van der Waals surface area contributed by atoms with Crippen LogP contribution < -0.4 is 14.4 Å². The summed E-state index contributed by atoms with van der Waals surface area (Å²) in [6, 6.07) is 102. The van der Waals surface area contributed by atoms with Crippen molar-refractivity contribution in [3.05, 3.63) is 340 Å². The zero-order chi connectivity index (χ0) is 50.9. The second-order valence-corrected chi connectivity index (χ2v) is 21.7. The highest BCUT2D eigenvalue weighted by Gasteiger charge is 2.54. The Bertz CT molecular complexity index is 4270. The molecular formula is C75H45NO2. The quantitative estimate of drug-likeness (QED) is 0.176. The highest BCUT2D eigenvalue weighted by molar-refractivity contribution is 5.99. The van der Waals surface area contributed by atoms with Crippen molar-refractivity contribution in [3.8, 4) is 67.5 Å². The lowest BCUT2D eigenvalue weighted by Gasteiger charge is -2.39. The van der Waals surface area contributed by atoms with Crippen molar-refractivity contribution in [1.29, 1.82) is 0 Å². The van der Waals surface area contributed by atoms with Gasteiger partial charge < -0.3 is 14.4 Å². The van der Waals surface area contributed by atoms with Crippen LogP contribution in [0.1, 0.15) is 66.8 Å². The molecule has 12 aromatic rings. The van der Waals surface area contributed by atoms with Gasteiger partial charge in [0, 0.05) is 39.3 Å². The van der Waals surface area contributed by atoms with Gasteiger partial charge >= 0.3 is 0 Å². The Balaban J connectivity index is 0.915. The van der Waals surface area contributed by atoms with Crippen molar-refractivity contribution in [1.82, 2.24) is 0 Å². The van der Waals surface area contributed by atoms with Gasteiger partial charge in [0.05, 0.1) is 16.2 Å². The number of para-hydroxylation sites is 4. The average molecular weight is 992 g/mol. The molecule has 3 spiro atoms. The first-order valence-electron chi connectivity index (χ1n) is 27.1. The van der Waals surface area contributed by atoms with Gasteiger partial charge in [-0.2, -0.15) is 0 Å². The van der Waals surface area contributed by atoms with Crippen LogP contribution in [0.15, 0.2) is 273 Å². The smallest absolute Gasteiger partial charge is 0.132 e. The van der Waals surface area contributed by atoms with Crippen molar-refractivity contribution in [3.63, 3.8) is 0 Å². The maximum Gasteiger partial charge on any atom is 0.132 e. The van der Waals surface area contributed by atoms with E-state index in [2.05, 4.69) is 278 Å². The first-order valence-corrected chi connectivity index (χ1v) is 27.1. The molecule has 2 aliphatic heterocycles. The minimum atomic E-state index is -0.586. The molecule has 0 N–H and O–H groups in total. The van der Waals surface area contributed by atoms with Crippen LogP contribution in [0.2, 0.25) is 0 Å². The molecule has 0 amide bonds. The second kappa shape index (κ2) is 15.1. The van der Waals surface area contributed by atoms with E-state index in [1.54, 1.807) is 0 Å². The molecule has 0 aromatic heterocycles. The maximum atomic E-state index is 6.74. The Hall–Kier alpha value is -9.96. The van der Waals surface area contributed by atoms with E-state index in [1.165, 1.54) is 89.0 Å². The predicted octanol–water partition coefficient (Wildman–Crippen LogP) is 18.4. The average Bonchev–Trinajstić information content (AvgIpc) is 4.37. The van der Waals surface area contributed by atoms with Gasteiger partial charge in [-0.05, 0) is 150 Å². The second-order valence-electron chi connectivity index (χ2n) is 21.7. The third-order valence-corrected chi connectivity index (χ3v) is 18.4. The molecule has 0 fully saturated rings. The van der Waals surface area contributed by atoms with Crippen LogP contribution >= 0.6 is 0 Å². The van der Waals surface area contributed by atoms with Crippen molar-refractivity contribution in [2.45, 2.75) is 16.2 Å². The first-order chi connectivity index (χ1) is 38.7. The molecule has 3 heteroatoms. The lowest BCUT2D eigenvalue weighted by Crippen LogP contribution is -2.32. The SMILES string of the molecule is c1ccc2c(c1)Oc1ccccc1C21c2ccccc2-c2cc(N(c3ccc4c(c3)-c3ccccc3C43c4ccccc4Oc4ccccc43)c3ccc4c(c3)C3(c5ccccc5-c5ccccc53)c3ccccc3-4)ccc21. The molecule has 0 unspecified atom stereocenters. The maximum absolute atomic E-state index is 6.74. The molecule has 6 aliphatic rings. The summed E-state index contributed by atoms with van der Waals surface area (Å²) in [4.78, 5) is 2.53. The fourth-order valence-electron chi connectivity index (χ4n) is 15.6. The zero-order valence-electron chi connectivity index (χ0n) is 42.2. The van der Waals surface area contributed by atoms with Crippen LogP contribution in [0.4, 0.5) is 17.1 Å². The summed E-state index contributed by atoms with van der Waals surface area (Å²) in [5, 5.41) is 0. The number of nitrogens with zero attached hydrogens (tertiary/aromatic N) is 1. The van der Waals surface area contributed by atoms with Crippen molar-refractivity contribution in [2.75, 3.05) is 4.90 Å². The Morgan fingerprint density at radius 3 is 0.795 bits per heavy atom. The molecule has 12 aromatic carbocycles. The van der Waals surface area contributed by atoms with Gasteiger partial charge in [-0.3, -0.25) is 0 Å². The zero-order valence-corrected chi connectivity index (χ0v) is 42.2. The topological polar surface area (TPSA) is 21.7 Å². The molecule has 362 valence electrons. The molecule has 78 heavy (non-hydrogen) atoms. The number of hydrogen-bond donors (Lipinski definition) is 0. The Labute approximate surface area is 452 Å². The summed E-state index contributed by atoms with van der Waals surface area (Å²) in [7, 11) is 0. The van der Waals surface area contributed by atoms with Crippen molar-refractivity contribution < 1.29 is 9.47 Å². The Morgan fingerprint density at radius 2 is 0.436 bits per heavy atom. The lowest BCUT2D eigenvalue weighted by atomic mass is 9.66. The molecule has 0 radical (unpaired) electrons. The lowest BCUT2D eigenvalue weighted by molar-refractivity contribution is 0.436. The first kappa shape index (κ1) is 42.3. The highest BCUT2D eigenvalue weighted by atomic mass is 16.5. The molecule has 18 rings (SSSR count). The summed E-state index contributed by atoms with van der Waals surface area (Å²) < 4.78 is 13.5. The molecular weight excluding hydrogens is 947 g/mol. The minimum absolute atomic E-state index is 0.513. The number of anilines is 3. The largest absolute Gasteiger partial charge is 0.457 e. The third kappa shape index (κ3) is 5.01. The van der Waals surface area contributed by atoms with Gasteiger partial charge in [0.1, 0.15) is 23.0 Å². The standard InChI is InChI=1S/C75H45NO2/c1-6-24-57-49(19-1)50-20-2-7-25-58(50)73(57)59-26-8-3-21-51(59)54-40-37-48(45-68(54)73)76(46-38-41-62-55(43-46)52-22-4-9-27-60(52)74(62)64-29-11-15-33-69(64)77-70-34-16-12-30-65(70)74)47-39-42-63-56(44-47)53-23-5-10-28-61(53)75(63)66-31-13-17-35-71(66)78-72-36-18-14-32-67(72)75/h1-45H. The summed E-state index contributed by atoms with van der Waals surface area (Å²) in [5.41, 5.74) is 26.5.